The average molecular weight is 333 g/mol. The molecule has 0 spiro atoms. The lowest BCUT2D eigenvalue weighted by molar-refractivity contribution is -0.117. The lowest BCUT2D eigenvalue weighted by Crippen LogP contribution is -2.24. The highest BCUT2D eigenvalue weighted by Gasteiger charge is 2.34. The van der Waals surface area contributed by atoms with Crippen molar-refractivity contribution in [3.05, 3.63) is 77.9 Å². The van der Waals surface area contributed by atoms with Crippen LogP contribution in [-0.2, 0) is 17.6 Å². The maximum atomic E-state index is 12.3. The fraction of sp³-hybridized carbons (Fsp3) is 0.250. The minimum Gasteiger partial charge on any atom is -0.339 e. The Bertz CT molecular complexity index is 846. The number of rotatable bonds is 5. The number of nitrogens with zero attached hydrogens (tertiary/aromatic N) is 3. The van der Waals surface area contributed by atoms with E-state index in [1.165, 1.54) is 5.56 Å². The van der Waals surface area contributed by atoms with Gasteiger partial charge in [0, 0.05) is 31.0 Å². The van der Waals surface area contributed by atoms with Crippen LogP contribution < -0.4 is 4.90 Å². The predicted octanol–water partition coefficient (Wildman–Crippen LogP) is 3.38. The van der Waals surface area contributed by atoms with Crippen LogP contribution in [0.5, 0.6) is 0 Å². The Balaban J connectivity index is 1.41. The van der Waals surface area contributed by atoms with Gasteiger partial charge in [-0.1, -0.05) is 53.7 Å². The van der Waals surface area contributed by atoms with Crippen LogP contribution in [0.2, 0.25) is 0 Å². The molecule has 1 aliphatic rings. The number of hydrogen-bond donors (Lipinski definition) is 0. The molecule has 5 heteroatoms. The van der Waals surface area contributed by atoms with Gasteiger partial charge in [0.15, 0.2) is 5.82 Å². The van der Waals surface area contributed by atoms with Crippen molar-refractivity contribution in [2.75, 3.05) is 11.4 Å². The monoisotopic (exact) mass is 333 g/mol. The van der Waals surface area contributed by atoms with E-state index in [1.54, 1.807) is 4.90 Å². The van der Waals surface area contributed by atoms with Crippen LogP contribution in [0.1, 0.15) is 29.6 Å². The van der Waals surface area contributed by atoms with E-state index >= 15 is 0 Å². The molecule has 3 aromatic rings. The first-order valence-electron chi connectivity index (χ1n) is 8.51. The quantitative estimate of drug-likeness (QED) is 0.718. The third-order valence-corrected chi connectivity index (χ3v) is 4.51. The number of aromatic nitrogens is 2. The lowest BCUT2D eigenvalue weighted by Gasteiger charge is -2.15. The van der Waals surface area contributed by atoms with Gasteiger partial charge >= 0.3 is 0 Å². The molecule has 1 amide bonds. The molecule has 4 rings (SSSR count). The maximum Gasteiger partial charge on any atom is 0.227 e. The van der Waals surface area contributed by atoms with E-state index in [0.717, 1.165) is 12.1 Å². The summed E-state index contributed by atoms with van der Waals surface area (Å²) in [5, 5.41) is 4.11. The van der Waals surface area contributed by atoms with E-state index in [1.807, 2.05) is 48.5 Å². The van der Waals surface area contributed by atoms with E-state index in [0.29, 0.717) is 31.1 Å². The van der Waals surface area contributed by atoms with E-state index in [9.17, 15) is 4.79 Å². The van der Waals surface area contributed by atoms with E-state index < -0.39 is 0 Å². The summed E-state index contributed by atoms with van der Waals surface area (Å²) in [6.07, 6.45) is 1.99. The van der Waals surface area contributed by atoms with Crippen molar-refractivity contribution in [1.29, 1.82) is 0 Å². The van der Waals surface area contributed by atoms with Crippen LogP contribution in [0, 0.1) is 0 Å². The van der Waals surface area contributed by atoms with Crippen molar-refractivity contribution in [3.8, 4) is 0 Å². The molecule has 1 aromatic heterocycles. The molecule has 1 aliphatic heterocycles. The van der Waals surface area contributed by atoms with Crippen molar-refractivity contribution in [1.82, 2.24) is 10.1 Å². The van der Waals surface area contributed by atoms with Crippen LogP contribution in [0.3, 0.4) is 0 Å². The second kappa shape index (κ2) is 6.89. The Morgan fingerprint density at radius 2 is 1.72 bits per heavy atom. The normalized spacial score (nSPS) is 17.2. The second-order valence-electron chi connectivity index (χ2n) is 6.27. The summed E-state index contributed by atoms with van der Waals surface area (Å²) in [4.78, 5) is 18.6. The summed E-state index contributed by atoms with van der Waals surface area (Å²) in [5.74, 6) is 1.35. The van der Waals surface area contributed by atoms with Crippen molar-refractivity contribution < 1.29 is 9.32 Å². The van der Waals surface area contributed by atoms with Crippen molar-refractivity contribution in [3.63, 3.8) is 0 Å². The molecule has 0 bridgehead atoms. The third kappa shape index (κ3) is 3.45. The fourth-order valence-electron chi connectivity index (χ4n) is 3.17. The second-order valence-corrected chi connectivity index (χ2v) is 6.27. The highest BCUT2D eigenvalue weighted by molar-refractivity contribution is 5.96. The standard InChI is InChI=1S/C20H19N3O2/c24-19-13-16(14-23(19)17-9-5-2-6-10-17)20-21-18(25-22-20)12-11-15-7-3-1-4-8-15/h1-10,16H,11-14H2/t16-/m1/s1. The van der Waals surface area contributed by atoms with Gasteiger partial charge in [-0.3, -0.25) is 4.79 Å². The van der Waals surface area contributed by atoms with Gasteiger partial charge in [0.05, 0.1) is 0 Å². The number of para-hydroxylation sites is 1. The summed E-state index contributed by atoms with van der Waals surface area (Å²) < 4.78 is 5.38. The number of amides is 1. The van der Waals surface area contributed by atoms with Gasteiger partial charge in [0.2, 0.25) is 11.8 Å². The van der Waals surface area contributed by atoms with Gasteiger partial charge in [-0.15, -0.1) is 0 Å². The molecular formula is C20H19N3O2. The zero-order valence-electron chi connectivity index (χ0n) is 13.8. The van der Waals surface area contributed by atoms with E-state index in [-0.39, 0.29) is 11.8 Å². The minimum absolute atomic E-state index is 0.0121. The average Bonchev–Trinajstić information content (AvgIpc) is 3.28. The molecular weight excluding hydrogens is 314 g/mol. The molecule has 1 fully saturated rings. The Kier molecular flexibility index (Phi) is 4.29. The van der Waals surface area contributed by atoms with E-state index in [2.05, 4.69) is 22.3 Å². The molecule has 1 atom stereocenters. The molecule has 0 radical (unpaired) electrons. The Morgan fingerprint density at radius 3 is 2.48 bits per heavy atom. The van der Waals surface area contributed by atoms with Gasteiger partial charge in [-0.05, 0) is 24.1 Å². The zero-order valence-corrected chi connectivity index (χ0v) is 13.8. The van der Waals surface area contributed by atoms with Gasteiger partial charge in [0.1, 0.15) is 0 Å². The molecule has 0 N–H and O–H groups in total. The Hall–Kier alpha value is -2.95. The summed E-state index contributed by atoms with van der Waals surface area (Å²) in [6, 6.07) is 19.9. The van der Waals surface area contributed by atoms with Crippen LogP contribution in [0.15, 0.2) is 65.2 Å². The summed E-state index contributed by atoms with van der Waals surface area (Å²) in [6.45, 7) is 0.598. The van der Waals surface area contributed by atoms with E-state index in [4.69, 9.17) is 4.52 Å². The Labute approximate surface area is 146 Å². The van der Waals surface area contributed by atoms with Gasteiger partial charge < -0.3 is 9.42 Å². The molecule has 0 aliphatic carbocycles. The largest absolute Gasteiger partial charge is 0.339 e. The van der Waals surface area contributed by atoms with Crippen molar-refractivity contribution in [2.45, 2.75) is 25.2 Å². The zero-order chi connectivity index (χ0) is 17.1. The molecule has 2 heterocycles. The molecule has 25 heavy (non-hydrogen) atoms. The minimum atomic E-state index is -0.0121. The Morgan fingerprint density at radius 1 is 1.00 bits per heavy atom. The molecule has 0 saturated carbocycles. The number of hydrogen-bond acceptors (Lipinski definition) is 4. The van der Waals surface area contributed by atoms with Crippen LogP contribution in [-0.4, -0.2) is 22.6 Å². The number of benzene rings is 2. The first-order chi connectivity index (χ1) is 12.3. The molecule has 126 valence electrons. The first kappa shape index (κ1) is 15.6. The molecule has 5 nitrogen and oxygen atoms in total. The van der Waals surface area contributed by atoms with Crippen LogP contribution in [0.25, 0.3) is 0 Å². The maximum absolute atomic E-state index is 12.3. The van der Waals surface area contributed by atoms with Crippen LogP contribution in [0.4, 0.5) is 5.69 Å². The fourth-order valence-corrected chi connectivity index (χ4v) is 3.17. The number of aryl methyl sites for hydroxylation is 2. The highest BCUT2D eigenvalue weighted by Crippen LogP contribution is 2.30. The number of carbonyl (C=O) groups is 1. The van der Waals surface area contributed by atoms with Gasteiger partial charge in [0.25, 0.3) is 0 Å². The smallest absolute Gasteiger partial charge is 0.227 e. The summed E-state index contributed by atoms with van der Waals surface area (Å²) in [7, 11) is 0. The highest BCUT2D eigenvalue weighted by atomic mass is 16.5. The molecule has 1 saturated heterocycles. The predicted molar refractivity (Wildman–Crippen MR) is 94.3 cm³/mol. The third-order valence-electron chi connectivity index (χ3n) is 4.51. The topological polar surface area (TPSA) is 59.2 Å². The first-order valence-corrected chi connectivity index (χ1v) is 8.51. The molecule has 2 aromatic carbocycles. The van der Waals surface area contributed by atoms with Gasteiger partial charge in [-0.25, -0.2) is 0 Å². The number of anilines is 1. The summed E-state index contributed by atoms with van der Waals surface area (Å²) in [5.41, 5.74) is 2.16. The van der Waals surface area contributed by atoms with Crippen molar-refractivity contribution >= 4 is 11.6 Å². The summed E-state index contributed by atoms with van der Waals surface area (Å²) >= 11 is 0. The van der Waals surface area contributed by atoms with Crippen molar-refractivity contribution in [2.24, 2.45) is 0 Å². The SMILES string of the molecule is O=C1C[C@@H](c2noc(CCc3ccccc3)n2)CN1c1ccccc1. The van der Waals surface area contributed by atoms with Crippen LogP contribution >= 0.6 is 0 Å². The molecule has 0 unspecified atom stereocenters. The van der Waals surface area contributed by atoms with Gasteiger partial charge in [-0.2, -0.15) is 4.98 Å². The number of carbonyl (C=O) groups excluding carboxylic acids is 1. The lowest BCUT2D eigenvalue weighted by atomic mass is 10.1.